The topological polar surface area (TPSA) is 57.0 Å². The van der Waals surface area contributed by atoms with Gasteiger partial charge in [-0.3, -0.25) is 0 Å². The zero-order chi connectivity index (χ0) is 17.3. The third kappa shape index (κ3) is 3.12. The zero-order valence-electron chi connectivity index (χ0n) is 13.8. The highest BCUT2D eigenvalue weighted by Gasteiger charge is 2.17. The monoisotopic (exact) mass is 343 g/mol. The number of carbonyl (C=O) groups is 1. The number of fused-ring (bicyclic) bond motifs is 1. The Balaban J connectivity index is 2.22. The van der Waals surface area contributed by atoms with Crippen molar-refractivity contribution in [2.45, 2.75) is 20.3 Å². The smallest absolute Gasteiger partial charge is 0.356 e. The van der Waals surface area contributed by atoms with Gasteiger partial charge in [-0.05, 0) is 42.7 Å². The maximum absolute atomic E-state index is 11.8. The largest absolute Gasteiger partial charge is 0.464 e. The third-order valence-electron chi connectivity index (χ3n) is 3.65. The lowest BCUT2D eigenvalue weighted by Crippen LogP contribution is -2.04. The van der Waals surface area contributed by atoms with Gasteiger partial charge in [0.1, 0.15) is 11.2 Å². The second-order valence-electron chi connectivity index (χ2n) is 5.99. The Morgan fingerprint density at radius 1 is 1.29 bits per heavy atom. The van der Waals surface area contributed by atoms with Crippen LogP contribution in [0.25, 0.3) is 16.7 Å². The van der Waals surface area contributed by atoms with E-state index in [0.29, 0.717) is 16.5 Å². The van der Waals surface area contributed by atoms with Gasteiger partial charge in [0.15, 0.2) is 0 Å². The molecule has 2 aromatic heterocycles. The molecular weight excluding hydrogens is 326 g/mol. The van der Waals surface area contributed by atoms with Crippen LogP contribution in [0.5, 0.6) is 0 Å². The maximum atomic E-state index is 11.8. The van der Waals surface area contributed by atoms with Crippen LogP contribution in [0, 0.1) is 5.92 Å². The van der Waals surface area contributed by atoms with Crippen molar-refractivity contribution >= 4 is 28.6 Å². The van der Waals surface area contributed by atoms with E-state index in [1.165, 1.54) is 7.11 Å². The molecule has 24 heavy (non-hydrogen) atoms. The molecular formula is C18H18ClN3O2. The number of pyridine rings is 1. The number of carbonyl (C=O) groups excluding carboxylic acids is 1. The highest BCUT2D eigenvalue weighted by molar-refractivity contribution is 6.30. The summed E-state index contributed by atoms with van der Waals surface area (Å²) in [5, 5.41) is 5.35. The van der Waals surface area contributed by atoms with E-state index >= 15 is 0 Å². The number of hydrogen-bond donors (Lipinski definition) is 0. The van der Waals surface area contributed by atoms with Gasteiger partial charge in [-0.15, -0.1) is 0 Å². The second kappa shape index (κ2) is 6.61. The quantitative estimate of drug-likeness (QED) is 0.670. The molecule has 2 heterocycles. The van der Waals surface area contributed by atoms with Crippen molar-refractivity contribution in [3.05, 3.63) is 52.8 Å². The van der Waals surface area contributed by atoms with Crippen LogP contribution < -0.4 is 0 Å². The van der Waals surface area contributed by atoms with E-state index in [0.717, 1.165) is 23.3 Å². The molecule has 3 aromatic rings. The molecule has 3 rings (SSSR count). The van der Waals surface area contributed by atoms with Gasteiger partial charge >= 0.3 is 5.97 Å². The molecule has 0 atom stereocenters. The van der Waals surface area contributed by atoms with Crippen molar-refractivity contribution in [3.8, 4) is 5.69 Å². The van der Waals surface area contributed by atoms with Crippen molar-refractivity contribution in [1.29, 1.82) is 0 Å². The lowest BCUT2D eigenvalue weighted by molar-refractivity contribution is 0.0594. The Morgan fingerprint density at radius 3 is 2.75 bits per heavy atom. The Kier molecular flexibility index (Phi) is 4.53. The summed E-state index contributed by atoms with van der Waals surface area (Å²) < 4.78 is 6.58. The molecule has 0 N–H and O–H groups in total. The van der Waals surface area contributed by atoms with Gasteiger partial charge in [0.25, 0.3) is 0 Å². The van der Waals surface area contributed by atoms with E-state index in [2.05, 4.69) is 18.8 Å². The average molecular weight is 344 g/mol. The number of esters is 1. The first-order chi connectivity index (χ1) is 11.5. The summed E-state index contributed by atoms with van der Waals surface area (Å²) in [4.78, 5) is 16.3. The van der Waals surface area contributed by atoms with Crippen LogP contribution >= 0.6 is 11.6 Å². The molecule has 124 valence electrons. The molecule has 0 bridgehead atoms. The fourth-order valence-electron chi connectivity index (χ4n) is 2.60. The first kappa shape index (κ1) is 16.5. The molecule has 0 aliphatic heterocycles. The number of benzene rings is 1. The summed E-state index contributed by atoms with van der Waals surface area (Å²) in [5.74, 6) is -0.0394. The number of nitrogens with zero attached hydrogens (tertiary/aromatic N) is 3. The van der Waals surface area contributed by atoms with Crippen LogP contribution in [-0.2, 0) is 11.2 Å². The predicted molar refractivity (Wildman–Crippen MR) is 93.8 cm³/mol. The molecule has 1 aromatic carbocycles. The number of rotatable bonds is 4. The Bertz CT molecular complexity index is 902. The fraction of sp³-hybridized carbons (Fsp3) is 0.278. The highest BCUT2D eigenvalue weighted by Crippen LogP contribution is 2.24. The molecule has 0 fully saturated rings. The van der Waals surface area contributed by atoms with Crippen molar-refractivity contribution < 1.29 is 9.53 Å². The molecule has 0 aliphatic rings. The van der Waals surface area contributed by atoms with Gasteiger partial charge in [0.05, 0.1) is 24.0 Å². The minimum atomic E-state index is -0.456. The van der Waals surface area contributed by atoms with Gasteiger partial charge in [-0.25, -0.2) is 14.5 Å². The van der Waals surface area contributed by atoms with Gasteiger partial charge in [0.2, 0.25) is 0 Å². The zero-order valence-corrected chi connectivity index (χ0v) is 14.5. The Labute approximate surface area is 145 Å². The molecule has 0 aliphatic carbocycles. The molecule has 6 heteroatoms. The molecule has 0 saturated heterocycles. The number of methoxy groups -OCH3 is 1. The average Bonchev–Trinajstić information content (AvgIpc) is 2.91. The first-order valence-corrected chi connectivity index (χ1v) is 8.10. The summed E-state index contributed by atoms with van der Waals surface area (Å²) >= 11 is 6.10. The fourth-order valence-corrected chi connectivity index (χ4v) is 2.79. The van der Waals surface area contributed by atoms with Gasteiger partial charge in [-0.2, -0.15) is 5.10 Å². The van der Waals surface area contributed by atoms with E-state index in [1.54, 1.807) is 6.07 Å². The van der Waals surface area contributed by atoms with Crippen LogP contribution in [0.3, 0.4) is 0 Å². The lowest BCUT2D eigenvalue weighted by atomic mass is 10.1. The molecule has 0 spiro atoms. The molecule has 5 nitrogen and oxygen atoms in total. The third-order valence-corrected chi connectivity index (χ3v) is 3.88. The second-order valence-corrected chi connectivity index (χ2v) is 6.43. The van der Waals surface area contributed by atoms with Crippen LogP contribution in [0.2, 0.25) is 5.02 Å². The summed E-state index contributed by atoms with van der Waals surface area (Å²) in [6.07, 6.45) is 0.766. The van der Waals surface area contributed by atoms with E-state index < -0.39 is 5.97 Å². The minimum absolute atomic E-state index is 0.278. The first-order valence-electron chi connectivity index (χ1n) is 7.72. The van der Waals surface area contributed by atoms with E-state index in [9.17, 15) is 4.79 Å². The van der Waals surface area contributed by atoms with Crippen LogP contribution in [0.15, 0.2) is 36.4 Å². The maximum Gasteiger partial charge on any atom is 0.356 e. The number of hydrogen-bond acceptors (Lipinski definition) is 4. The molecule has 0 unspecified atom stereocenters. The van der Waals surface area contributed by atoms with E-state index in [-0.39, 0.29) is 5.69 Å². The Morgan fingerprint density at radius 2 is 2.08 bits per heavy atom. The summed E-state index contributed by atoms with van der Waals surface area (Å²) in [6.45, 7) is 4.24. The molecule has 0 radical (unpaired) electrons. The minimum Gasteiger partial charge on any atom is -0.464 e. The predicted octanol–water partition coefficient (Wildman–Crippen LogP) is 4.06. The van der Waals surface area contributed by atoms with Gasteiger partial charge in [-0.1, -0.05) is 31.5 Å². The lowest BCUT2D eigenvalue weighted by Gasteiger charge is -2.04. The van der Waals surface area contributed by atoms with Crippen LogP contribution in [-0.4, -0.2) is 27.8 Å². The molecule has 0 amide bonds. The summed E-state index contributed by atoms with van der Waals surface area (Å²) in [6, 6.07) is 11.0. The summed E-state index contributed by atoms with van der Waals surface area (Å²) in [7, 11) is 1.35. The standard InChI is InChI=1S/C18H18ClN3O2/c1-11(2)9-15-17-16(8-7-14(20-17)18(23)24-3)22(21-15)13-6-4-5-12(19)10-13/h4-8,10-11H,9H2,1-3H3. The van der Waals surface area contributed by atoms with Gasteiger partial charge < -0.3 is 4.74 Å². The number of halogens is 1. The number of aromatic nitrogens is 3. The van der Waals surface area contributed by atoms with Gasteiger partial charge in [0, 0.05) is 5.02 Å². The van der Waals surface area contributed by atoms with Crippen LogP contribution in [0.1, 0.15) is 30.0 Å². The molecule has 0 saturated carbocycles. The summed E-state index contributed by atoms with van der Waals surface area (Å²) in [5.41, 5.74) is 3.54. The normalized spacial score (nSPS) is 11.2. The highest BCUT2D eigenvalue weighted by atomic mass is 35.5. The Hall–Kier alpha value is -2.40. The van der Waals surface area contributed by atoms with Crippen LogP contribution in [0.4, 0.5) is 0 Å². The SMILES string of the molecule is COC(=O)c1ccc2c(n1)c(CC(C)C)nn2-c1cccc(Cl)c1. The van der Waals surface area contributed by atoms with Crippen molar-refractivity contribution in [2.24, 2.45) is 5.92 Å². The van der Waals surface area contributed by atoms with Crippen molar-refractivity contribution in [1.82, 2.24) is 14.8 Å². The van der Waals surface area contributed by atoms with E-state index in [4.69, 9.17) is 21.4 Å². The van der Waals surface area contributed by atoms with Crippen molar-refractivity contribution in [3.63, 3.8) is 0 Å². The number of ether oxygens (including phenoxy) is 1. The van der Waals surface area contributed by atoms with Crippen molar-refractivity contribution in [2.75, 3.05) is 7.11 Å². The van der Waals surface area contributed by atoms with E-state index in [1.807, 2.05) is 35.0 Å².